The number of nitrogens with one attached hydrogen (secondary N) is 1. The maximum absolute atomic E-state index is 12.2. The molecule has 0 saturated heterocycles. The quantitative estimate of drug-likeness (QED) is 0.910. The van der Waals surface area contributed by atoms with Crippen molar-refractivity contribution in [2.75, 3.05) is 5.32 Å². The van der Waals surface area contributed by atoms with Crippen LogP contribution in [0.3, 0.4) is 0 Å². The molecule has 2 heterocycles. The molecule has 0 bridgehead atoms. The first kappa shape index (κ1) is 9.99. The van der Waals surface area contributed by atoms with Gasteiger partial charge in [-0.05, 0) is 24.3 Å². The van der Waals surface area contributed by atoms with Crippen LogP contribution >= 0.6 is 22.7 Å². The van der Waals surface area contributed by atoms with Crippen molar-refractivity contribution in [2.45, 2.75) is 18.3 Å². The topological polar surface area (TPSA) is 42.0 Å². The number of carbonyl (C=O) groups excluding carboxylic acids is 1. The van der Waals surface area contributed by atoms with Crippen LogP contribution < -0.4 is 5.32 Å². The number of hydrogen-bond donors (Lipinski definition) is 1. The Morgan fingerprint density at radius 1 is 1.38 bits per heavy atom. The lowest BCUT2D eigenvalue weighted by Crippen LogP contribution is -2.26. The molecule has 1 N–H and O–H groups in total. The number of thiophene rings is 1. The van der Waals surface area contributed by atoms with E-state index in [1.54, 1.807) is 17.5 Å². The molecule has 16 heavy (non-hydrogen) atoms. The summed E-state index contributed by atoms with van der Waals surface area (Å²) in [7, 11) is 0. The van der Waals surface area contributed by atoms with Crippen molar-refractivity contribution in [1.29, 1.82) is 0 Å². The van der Waals surface area contributed by atoms with Gasteiger partial charge in [-0.25, -0.2) is 4.98 Å². The highest BCUT2D eigenvalue weighted by Crippen LogP contribution is 2.50. The van der Waals surface area contributed by atoms with Crippen molar-refractivity contribution >= 4 is 33.7 Å². The molecule has 1 saturated carbocycles. The normalized spacial score (nSPS) is 17.0. The van der Waals surface area contributed by atoms with Crippen LogP contribution in [0.1, 0.15) is 17.7 Å². The van der Waals surface area contributed by atoms with E-state index in [0.717, 1.165) is 12.8 Å². The van der Waals surface area contributed by atoms with Gasteiger partial charge in [0.1, 0.15) is 0 Å². The molecule has 3 rings (SSSR count). The van der Waals surface area contributed by atoms with Gasteiger partial charge in [-0.1, -0.05) is 6.07 Å². The molecule has 5 heteroatoms. The average Bonchev–Trinajstić information content (AvgIpc) is 2.74. The first-order valence-corrected chi connectivity index (χ1v) is 6.82. The van der Waals surface area contributed by atoms with Crippen molar-refractivity contribution in [3.8, 4) is 0 Å². The Morgan fingerprint density at radius 3 is 2.81 bits per heavy atom. The summed E-state index contributed by atoms with van der Waals surface area (Å²) in [4.78, 5) is 17.4. The summed E-state index contributed by atoms with van der Waals surface area (Å²) in [6, 6.07) is 4.04. The summed E-state index contributed by atoms with van der Waals surface area (Å²) in [5.74, 6) is 0.0879. The molecular weight excluding hydrogens is 240 g/mol. The second kappa shape index (κ2) is 3.68. The van der Waals surface area contributed by atoms with Gasteiger partial charge >= 0.3 is 0 Å². The minimum absolute atomic E-state index is 0.0879. The Bertz CT molecular complexity index is 486. The van der Waals surface area contributed by atoms with Crippen LogP contribution in [0.15, 0.2) is 29.1 Å². The Morgan fingerprint density at radius 2 is 2.25 bits per heavy atom. The third kappa shape index (κ3) is 1.56. The van der Waals surface area contributed by atoms with Gasteiger partial charge in [0.05, 0.1) is 5.41 Å². The van der Waals surface area contributed by atoms with E-state index in [-0.39, 0.29) is 11.3 Å². The van der Waals surface area contributed by atoms with Crippen LogP contribution in [0, 0.1) is 0 Å². The van der Waals surface area contributed by atoms with Gasteiger partial charge in [-0.2, -0.15) is 0 Å². The third-order valence-corrected chi connectivity index (χ3v) is 4.59. The second-order valence-electron chi connectivity index (χ2n) is 3.85. The maximum atomic E-state index is 12.2. The van der Waals surface area contributed by atoms with E-state index < -0.39 is 0 Å². The molecule has 2 aromatic heterocycles. The monoisotopic (exact) mass is 250 g/mol. The van der Waals surface area contributed by atoms with Crippen LogP contribution in [0.2, 0.25) is 0 Å². The van der Waals surface area contributed by atoms with Gasteiger partial charge in [0.25, 0.3) is 0 Å². The van der Waals surface area contributed by atoms with E-state index in [1.807, 2.05) is 22.9 Å². The standard InChI is InChI=1S/C11H10N2OS2/c14-9(13-10-12-5-7-16-10)11(3-4-11)8-2-1-6-15-8/h1-2,5-7H,3-4H2,(H,12,13,14). The lowest BCUT2D eigenvalue weighted by atomic mass is 10.0. The van der Waals surface area contributed by atoms with Gasteiger partial charge in [0.2, 0.25) is 5.91 Å². The van der Waals surface area contributed by atoms with Gasteiger partial charge in [0, 0.05) is 16.5 Å². The Kier molecular flexibility index (Phi) is 2.29. The largest absolute Gasteiger partial charge is 0.301 e. The Labute approximate surface area is 101 Å². The smallest absolute Gasteiger partial charge is 0.237 e. The van der Waals surface area contributed by atoms with Crippen LogP contribution in [0.25, 0.3) is 0 Å². The van der Waals surface area contributed by atoms with Crippen LogP contribution in [-0.4, -0.2) is 10.9 Å². The summed E-state index contributed by atoms with van der Waals surface area (Å²) in [5, 5.41) is 7.46. The summed E-state index contributed by atoms with van der Waals surface area (Å²) in [6.07, 6.45) is 3.60. The van der Waals surface area contributed by atoms with E-state index in [2.05, 4.69) is 10.3 Å². The molecule has 1 aliphatic carbocycles. The van der Waals surface area contributed by atoms with Crippen molar-refractivity contribution in [3.63, 3.8) is 0 Å². The van der Waals surface area contributed by atoms with Gasteiger partial charge < -0.3 is 5.32 Å². The summed E-state index contributed by atoms with van der Waals surface area (Å²) in [5.41, 5.74) is -0.264. The van der Waals surface area contributed by atoms with Gasteiger partial charge in [-0.3, -0.25) is 4.79 Å². The molecule has 1 amide bonds. The molecule has 0 radical (unpaired) electrons. The first-order valence-electron chi connectivity index (χ1n) is 5.06. The molecule has 0 atom stereocenters. The molecule has 0 unspecified atom stereocenters. The fraction of sp³-hybridized carbons (Fsp3) is 0.273. The van der Waals surface area contributed by atoms with E-state index in [4.69, 9.17) is 0 Å². The van der Waals surface area contributed by atoms with E-state index in [1.165, 1.54) is 16.2 Å². The molecule has 0 aliphatic heterocycles. The first-order chi connectivity index (χ1) is 7.81. The predicted molar refractivity (Wildman–Crippen MR) is 66.0 cm³/mol. The predicted octanol–water partition coefficient (Wildman–Crippen LogP) is 2.87. The number of rotatable bonds is 3. The fourth-order valence-electron chi connectivity index (χ4n) is 1.76. The molecular formula is C11H10N2OS2. The number of aromatic nitrogens is 1. The lowest BCUT2D eigenvalue weighted by molar-refractivity contribution is -0.118. The zero-order valence-corrected chi connectivity index (χ0v) is 10.1. The summed E-state index contributed by atoms with van der Waals surface area (Å²) < 4.78 is 0. The number of anilines is 1. The molecule has 0 spiro atoms. The summed E-state index contributed by atoms with van der Waals surface area (Å²) in [6.45, 7) is 0. The number of nitrogens with zero attached hydrogens (tertiary/aromatic N) is 1. The number of hydrogen-bond acceptors (Lipinski definition) is 4. The van der Waals surface area contributed by atoms with E-state index in [0.29, 0.717) is 5.13 Å². The highest BCUT2D eigenvalue weighted by atomic mass is 32.1. The molecule has 2 aromatic rings. The lowest BCUT2D eigenvalue weighted by Gasteiger charge is -2.11. The average molecular weight is 250 g/mol. The van der Waals surface area contributed by atoms with Crippen molar-refractivity contribution in [2.24, 2.45) is 0 Å². The molecule has 1 aliphatic rings. The fourth-order valence-corrected chi connectivity index (χ4v) is 3.27. The molecule has 82 valence electrons. The zero-order chi connectivity index (χ0) is 11.0. The maximum Gasteiger partial charge on any atom is 0.237 e. The number of carbonyl (C=O) groups is 1. The Hall–Kier alpha value is -1.20. The minimum atomic E-state index is -0.264. The van der Waals surface area contributed by atoms with E-state index >= 15 is 0 Å². The van der Waals surface area contributed by atoms with Crippen LogP contribution in [-0.2, 0) is 10.2 Å². The third-order valence-electron chi connectivity index (χ3n) is 2.83. The van der Waals surface area contributed by atoms with E-state index in [9.17, 15) is 4.79 Å². The van der Waals surface area contributed by atoms with Crippen LogP contribution in [0.4, 0.5) is 5.13 Å². The zero-order valence-electron chi connectivity index (χ0n) is 8.47. The Balaban J connectivity index is 1.81. The van der Waals surface area contributed by atoms with Crippen molar-refractivity contribution in [3.05, 3.63) is 34.0 Å². The van der Waals surface area contributed by atoms with Gasteiger partial charge in [-0.15, -0.1) is 22.7 Å². The molecule has 0 aromatic carbocycles. The summed E-state index contributed by atoms with van der Waals surface area (Å²) >= 11 is 3.11. The van der Waals surface area contributed by atoms with Crippen molar-refractivity contribution < 1.29 is 4.79 Å². The van der Waals surface area contributed by atoms with Gasteiger partial charge in [0.15, 0.2) is 5.13 Å². The number of thiazole rings is 1. The minimum Gasteiger partial charge on any atom is -0.301 e. The molecule has 3 nitrogen and oxygen atoms in total. The SMILES string of the molecule is O=C(Nc1nccs1)C1(c2cccs2)CC1. The highest BCUT2D eigenvalue weighted by molar-refractivity contribution is 7.13. The second-order valence-corrected chi connectivity index (χ2v) is 5.69. The van der Waals surface area contributed by atoms with Crippen LogP contribution in [0.5, 0.6) is 0 Å². The van der Waals surface area contributed by atoms with Crippen molar-refractivity contribution in [1.82, 2.24) is 4.98 Å². The molecule has 1 fully saturated rings. The highest BCUT2D eigenvalue weighted by Gasteiger charge is 2.52. The number of amides is 1.